The van der Waals surface area contributed by atoms with Gasteiger partial charge in [0.2, 0.25) is 0 Å². The topological polar surface area (TPSA) is 40.5 Å². The molecule has 0 aliphatic carbocycles. The van der Waals surface area contributed by atoms with Gasteiger partial charge in [-0.25, -0.2) is 0 Å². The number of hydrogen-bond acceptors (Lipinski definition) is 2. The standard InChI is InChI=1S/C21H34O2/c1-2-3-4-5-6-7-8-9-10-11-12-13-14-16-19-20(22)17-15-18-21(19)23/h10-11,15,17-18,22-23H,2-9,12-14,16H2,1H3. The van der Waals surface area contributed by atoms with Gasteiger partial charge in [-0.15, -0.1) is 0 Å². The van der Waals surface area contributed by atoms with Crippen LogP contribution < -0.4 is 0 Å². The van der Waals surface area contributed by atoms with Gasteiger partial charge in [-0.3, -0.25) is 0 Å². The van der Waals surface area contributed by atoms with E-state index in [1.54, 1.807) is 18.2 Å². The first kappa shape index (κ1) is 19.6. The number of hydrogen-bond donors (Lipinski definition) is 2. The molecule has 1 aromatic carbocycles. The van der Waals surface area contributed by atoms with Crippen LogP contribution in [0.1, 0.15) is 83.1 Å². The molecule has 1 rings (SSSR count). The van der Waals surface area contributed by atoms with E-state index in [0.29, 0.717) is 5.56 Å². The minimum Gasteiger partial charge on any atom is -0.508 e. The third-order valence-electron chi connectivity index (χ3n) is 4.32. The van der Waals surface area contributed by atoms with Gasteiger partial charge in [0.05, 0.1) is 0 Å². The van der Waals surface area contributed by atoms with Crippen LogP contribution in [0.2, 0.25) is 0 Å². The molecule has 0 saturated carbocycles. The molecular weight excluding hydrogens is 284 g/mol. The van der Waals surface area contributed by atoms with Crippen LogP contribution in [-0.4, -0.2) is 10.2 Å². The lowest BCUT2D eigenvalue weighted by atomic mass is 10.0. The predicted molar refractivity (Wildman–Crippen MR) is 99.1 cm³/mol. The highest BCUT2D eigenvalue weighted by Gasteiger charge is 2.05. The van der Waals surface area contributed by atoms with Gasteiger partial charge in [-0.05, 0) is 50.7 Å². The van der Waals surface area contributed by atoms with E-state index in [1.807, 2.05) is 0 Å². The van der Waals surface area contributed by atoms with E-state index < -0.39 is 0 Å². The van der Waals surface area contributed by atoms with Crippen molar-refractivity contribution >= 4 is 0 Å². The zero-order chi connectivity index (χ0) is 16.8. The molecule has 0 atom stereocenters. The number of benzene rings is 1. The Balaban J connectivity index is 1.96. The Kier molecular flexibility index (Phi) is 11.1. The third kappa shape index (κ3) is 9.32. The highest BCUT2D eigenvalue weighted by atomic mass is 16.3. The summed E-state index contributed by atoms with van der Waals surface area (Å²) in [5.74, 6) is 0.416. The summed E-state index contributed by atoms with van der Waals surface area (Å²) in [7, 11) is 0. The van der Waals surface area contributed by atoms with Gasteiger partial charge in [-0.1, -0.05) is 63.7 Å². The smallest absolute Gasteiger partial charge is 0.122 e. The minimum absolute atomic E-state index is 0.208. The Hall–Kier alpha value is -1.44. The van der Waals surface area contributed by atoms with E-state index in [0.717, 1.165) is 25.7 Å². The summed E-state index contributed by atoms with van der Waals surface area (Å²) in [5.41, 5.74) is 0.680. The summed E-state index contributed by atoms with van der Waals surface area (Å²) in [6.45, 7) is 2.26. The van der Waals surface area contributed by atoms with Gasteiger partial charge in [0.1, 0.15) is 11.5 Å². The number of rotatable bonds is 13. The van der Waals surface area contributed by atoms with Crippen molar-refractivity contribution in [1.82, 2.24) is 0 Å². The molecule has 1 aromatic rings. The molecule has 0 heterocycles. The van der Waals surface area contributed by atoms with Crippen LogP contribution in [0.4, 0.5) is 0 Å². The Labute approximate surface area is 142 Å². The molecule has 2 N–H and O–H groups in total. The first-order valence-corrected chi connectivity index (χ1v) is 9.40. The molecule has 0 saturated heterocycles. The van der Waals surface area contributed by atoms with Crippen molar-refractivity contribution < 1.29 is 10.2 Å². The van der Waals surface area contributed by atoms with Crippen molar-refractivity contribution in [3.05, 3.63) is 35.9 Å². The zero-order valence-corrected chi connectivity index (χ0v) is 14.8. The van der Waals surface area contributed by atoms with Crippen molar-refractivity contribution in [2.45, 2.75) is 84.0 Å². The van der Waals surface area contributed by atoms with E-state index in [-0.39, 0.29) is 11.5 Å². The van der Waals surface area contributed by atoms with Crippen molar-refractivity contribution in [3.63, 3.8) is 0 Å². The summed E-state index contributed by atoms with van der Waals surface area (Å²) >= 11 is 0. The molecule has 0 aliphatic heterocycles. The highest BCUT2D eigenvalue weighted by molar-refractivity contribution is 5.42. The van der Waals surface area contributed by atoms with Gasteiger partial charge < -0.3 is 10.2 Å². The van der Waals surface area contributed by atoms with Crippen LogP contribution >= 0.6 is 0 Å². The molecule has 0 spiro atoms. The van der Waals surface area contributed by atoms with Crippen LogP contribution in [-0.2, 0) is 6.42 Å². The van der Waals surface area contributed by atoms with Gasteiger partial charge >= 0.3 is 0 Å². The first-order chi connectivity index (χ1) is 11.3. The predicted octanol–water partition coefficient (Wildman–Crippen LogP) is 6.51. The molecule has 0 amide bonds. The fourth-order valence-electron chi connectivity index (χ4n) is 2.84. The fourth-order valence-corrected chi connectivity index (χ4v) is 2.84. The number of unbranched alkanes of at least 4 members (excludes halogenated alkanes) is 9. The van der Waals surface area contributed by atoms with Crippen LogP contribution in [0.25, 0.3) is 0 Å². The molecule has 23 heavy (non-hydrogen) atoms. The molecule has 0 aliphatic rings. The normalized spacial score (nSPS) is 11.3. The Bertz CT molecular complexity index is 417. The van der Waals surface area contributed by atoms with E-state index in [9.17, 15) is 10.2 Å². The molecular formula is C21H34O2. The summed E-state index contributed by atoms with van der Waals surface area (Å²) in [6.07, 6.45) is 19.3. The molecule has 2 nitrogen and oxygen atoms in total. The van der Waals surface area contributed by atoms with Crippen molar-refractivity contribution in [3.8, 4) is 11.5 Å². The summed E-state index contributed by atoms with van der Waals surface area (Å²) < 4.78 is 0. The third-order valence-corrected chi connectivity index (χ3v) is 4.32. The number of aromatic hydroxyl groups is 2. The highest BCUT2D eigenvalue weighted by Crippen LogP contribution is 2.27. The maximum atomic E-state index is 9.71. The van der Waals surface area contributed by atoms with E-state index in [4.69, 9.17) is 0 Å². The maximum Gasteiger partial charge on any atom is 0.122 e. The van der Waals surface area contributed by atoms with Gasteiger partial charge in [0, 0.05) is 5.56 Å². The van der Waals surface area contributed by atoms with Gasteiger partial charge in [0.25, 0.3) is 0 Å². The van der Waals surface area contributed by atoms with Crippen molar-refractivity contribution in [2.75, 3.05) is 0 Å². The SMILES string of the molecule is CCCCCCCCCC=CCCCCc1c(O)cccc1O. The summed E-state index contributed by atoms with van der Waals surface area (Å²) in [4.78, 5) is 0. The number of phenolic OH excluding ortho intramolecular Hbond substituents is 2. The monoisotopic (exact) mass is 318 g/mol. The average Bonchev–Trinajstić information content (AvgIpc) is 2.54. The fraction of sp³-hybridized carbons (Fsp3) is 0.619. The Morgan fingerprint density at radius 1 is 0.739 bits per heavy atom. The van der Waals surface area contributed by atoms with E-state index in [2.05, 4.69) is 19.1 Å². The zero-order valence-electron chi connectivity index (χ0n) is 14.8. The second-order valence-corrected chi connectivity index (χ2v) is 6.40. The maximum absolute atomic E-state index is 9.71. The second kappa shape index (κ2) is 13.0. The molecule has 0 aromatic heterocycles. The lowest BCUT2D eigenvalue weighted by Crippen LogP contribution is -1.87. The Morgan fingerprint density at radius 2 is 1.26 bits per heavy atom. The minimum atomic E-state index is 0.208. The summed E-state index contributed by atoms with van der Waals surface area (Å²) in [5, 5.41) is 19.4. The first-order valence-electron chi connectivity index (χ1n) is 9.40. The number of phenols is 2. The molecule has 2 heteroatoms. The quantitative estimate of drug-likeness (QED) is 0.321. The average molecular weight is 319 g/mol. The Morgan fingerprint density at radius 3 is 1.87 bits per heavy atom. The van der Waals surface area contributed by atoms with E-state index >= 15 is 0 Å². The van der Waals surface area contributed by atoms with Gasteiger partial charge in [0.15, 0.2) is 0 Å². The lowest BCUT2D eigenvalue weighted by molar-refractivity contribution is 0.436. The van der Waals surface area contributed by atoms with Gasteiger partial charge in [-0.2, -0.15) is 0 Å². The van der Waals surface area contributed by atoms with Crippen LogP contribution in [0.3, 0.4) is 0 Å². The van der Waals surface area contributed by atoms with Crippen molar-refractivity contribution in [1.29, 1.82) is 0 Å². The largest absolute Gasteiger partial charge is 0.508 e. The molecule has 0 fully saturated rings. The molecule has 0 bridgehead atoms. The van der Waals surface area contributed by atoms with Crippen molar-refractivity contribution in [2.24, 2.45) is 0 Å². The van der Waals surface area contributed by atoms with Crippen LogP contribution in [0, 0.1) is 0 Å². The van der Waals surface area contributed by atoms with Crippen LogP contribution in [0.15, 0.2) is 30.4 Å². The van der Waals surface area contributed by atoms with E-state index in [1.165, 1.54) is 51.4 Å². The molecule has 130 valence electrons. The van der Waals surface area contributed by atoms with Crippen LogP contribution in [0.5, 0.6) is 11.5 Å². The summed E-state index contributed by atoms with van der Waals surface area (Å²) in [6, 6.07) is 4.94. The molecule has 0 radical (unpaired) electrons. The number of allylic oxidation sites excluding steroid dienone is 2. The molecule has 0 unspecified atom stereocenters. The second-order valence-electron chi connectivity index (χ2n) is 6.40. The lowest BCUT2D eigenvalue weighted by Gasteiger charge is -2.06.